The molecule has 0 saturated carbocycles. The standard InChI is InChI=1S/C14H22NO3PS/c1-5-19(6-2,7-3)14(16)15-20(17,18)13-10-8-12(4)9-11-13/h8-11H,5-7H2,1-4H3. The van der Waals surface area contributed by atoms with Crippen LogP contribution in [0.1, 0.15) is 26.3 Å². The number of aryl methyl sites for hydroxylation is 1. The molecule has 0 radical (unpaired) electrons. The van der Waals surface area contributed by atoms with Gasteiger partial charge in [0.25, 0.3) is 10.0 Å². The van der Waals surface area contributed by atoms with Gasteiger partial charge in [-0.1, -0.05) is 17.7 Å². The van der Waals surface area contributed by atoms with Crippen LogP contribution >= 0.6 is 7.26 Å². The zero-order chi connectivity index (χ0) is 15.4. The summed E-state index contributed by atoms with van der Waals surface area (Å²) >= 11 is 0. The van der Waals surface area contributed by atoms with Crippen LogP contribution < -0.4 is 5.11 Å². The van der Waals surface area contributed by atoms with Crippen molar-refractivity contribution in [1.29, 1.82) is 0 Å². The molecule has 1 aromatic carbocycles. The second kappa shape index (κ2) is 6.68. The van der Waals surface area contributed by atoms with Gasteiger partial charge < -0.3 is 5.11 Å². The number of nitrogens with zero attached hydrogens (tertiary/aromatic N) is 1. The van der Waals surface area contributed by atoms with E-state index in [1.54, 1.807) is 12.1 Å². The maximum Gasteiger partial charge on any atom is 0.284 e. The molecule has 0 amide bonds. The highest BCUT2D eigenvalue weighted by Crippen LogP contribution is 2.57. The minimum Gasteiger partial charge on any atom is -0.830 e. The molecule has 0 saturated heterocycles. The molecule has 112 valence electrons. The molecule has 0 fully saturated rings. The summed E-state index contributed by atoms with van der Waals surface area (Å²) in [6, 6.07) is 6.39. The predicted octanol–water partition coefficient (Wildman–Crippen LogP) is 2.48. The minimum atomic E-state index is -3.89. The van der Waals surface area contributed by atoms with E-state index in [-0.39, 0.29) is 4.90 Å². The lowest BCUT2D eigenvalue weighted by atomic mass is 10.2. The summed E-state index contributed by atoms with van der Waals surface area (Å²) in [6.07, 6.45) is 2.10. The monoisotopic (exact) mass is 315 g/mol. The van der Waals surface area contributed by atoms with E-state index in [4.69, 9.17) is 0 Å². The zero-order valence-electron chi connectivity index (χ0n) is 12.5. The van der Waals surface area contributed by atoms with Crippen LogP contribution in [0.2, 0.25) is 0 Å². The largest absolute Gasteiger partial charge is 0.830 e. The Kier molecular flexibility index (Phi) is 5.72. The van der Waals surface area contributed by atoms with Crippen molar-refractivity contribution in [2.45, 2.75) is 32.6 Å². The predicted molar refractivity (Wildman–Crippen MR) is 84.3 cm³/mol. The fraction of sp³-hybridized carbons (Fsp3) is 0.500. The lowest BCUT2D eigenvalue weighted by molar-refractivity contribution is -0.206. The SMILES string of the molecule is CC[P+](CC)(CC)/C([O-])=N\S(=O)(=O)c1ccc(C)cc1. The minimum absolute atomic E-state index is 0.0814. The fourth-order valence-electron chi connectivity index (χ4n) is 2.03. The van der Waals surface area contributed by atoms with Crippen LogP contribution in [-0.2, 0) is 10.0 Å². The molecule has 0 aliphatic rings. The zero-order valence-corrected chi connectivity index (χ0v) is 14.2. The van der Waals surface area contributed by atoms with Crippen LogP contribution in [0.15, 0.2) is 33.6 Å². The van der Waals surface area contributed by atoms with Crippen LogP contribution in [0.25, 0.3) is 0 Å². The van der Waals surface area contributed by atoms with Crippen molar-refractivity contribution in [3.05, 3.63) is 29.8 Å². The maximum absolute atomic E-state index is 12.3. The van der Waals surface area contributed by atoms with Gasteiger partial charge in [0.2, 0.25) is 0 Å². The topological polar surface area (TPSA) is 69.6 Å². The second-order valence-electron chi connectivity index (χ2n) is 4.76. The first-order chi connectivity index (χ1) is 9.31. The lowest BCUT2D eigenvalue weighted by Crippen LogP contribution is -2.27. The van der Waals surface area contributed by atoms with Gasteiger partial charge in [-0.15, -0.1) is 4.40 Å². The summed E-state index contributed by atoms with van der Waals surface area (Å²) in [5.41, 5.74) is 0.540. The van der Waals surface area contributed by atoms with E-state index >= 15 is 0 Å². The third-order valence-corrected chi connectivity index (χ3v) is 9.69. The average molecular weight is 315 g/mol. The maximum atomic E-state index is 12.3. The molecule has 0 spiro atoms. The van der Waals surface area contributed by atoms with Crippen LogP contribution in [0, 0.1) is 6.92 Å². The number of hydrogen-bond donors (Lipinski definition) is 0. The van der Waals surface area contributed by atoms with E-state index < -0.39 is 22.9 Å². The first-order valence-corrected chi connectivity index (χ1v) is 10.5. The molecule has 6 heteroatoms. The van der Waals surface area contributed by atoms with Gasteiger partial charge in [0.1, 0.15) is 5.64 Å². The second-order valence-corrected chi connectivity index (χ2v) is 10.9. The Morgan fingerprint density at radius 2 is 1.55 bits per heavy atom. The third kappa shape index (κ3) is 3.58. The van der Waals surface area contributed by atoms with Gasteiger partial charge in [0.05, 0.1) is 30.6 Å². The first-order valence-electron chi connectivity index (χ1n) is 6.76. The first kappa shape index (κ1) is 17.1. The highest BCUT2D eigenvalue weighted by atomic mass is 32.2. The Hall–Kier alpha value is -0.930. The molecular formula is C14H22NO3PS. The van der Waals surface area contributed by atoms with Gasteiger partial charge in [-0.2, -0.15) is 8.42 Å². The molecule has 1 rings (SSSR count). The molecule has 0 aliphatic heterocycles. The van der Waals surface area contributed by atoms with Gasteiger partial charge in [-0.05, 0) is 39.8 Å². The molecule has 0 aromatic heterocycles. The normalized spacial score (nSPS) is 13.5. The molecular weight excluding hydrogens is 293 g/mol. The van der Waals surface area contributed by atoms with Crippen molar-refractivity contribution in [3.8, 4) is 0 Å². The van der Waals surface area contributed by atoms with Crippen molar-refractivity contribution in [2.75, 3.05) is 18.5 Å². The highest BCUT2D eigenvalue weighted by Gasteiger charge is 2.34. The van der Waals surface area contributed by atoms with Gasteiger partial charge in [-0.3, -0.25) is 0 Å². The molecule has 0 N–H and O–H groups in total. The van der Waals surface area contributed by atoms with E-state index in [9.17, 15) is 13.5 Å². The average Bonchev–Trinajstić information content (AvgIpc) is 2.41. The van der Waals surface area contributed by atoms with Crippen molar-refractivity contribution in [1.82, 2.24) is 0 Å². The quantitative estimate of drug-likeness (QED) is 0.460. The molecule has 20 heavy (non-hydrogen) atoms. The Morgan fingerprint density at radius 3 is 1.95 bits per heavy atom. The van der Waals surface area contributed by atoms with Crippen LogP contribution in [0.4, 0.5) is 0 Å². The van der Waals surface area contributed by atoms with E-state index in [2.05, 4.69) is 4.40 Å². The molecule has 4 nitrogen and oxygen atoms in total. The summed E-state index contributed by atoms with van der Waals surface area (Å²) in [4.78, 5) is 0.0814. The fourth-order valence-corrected chi connectivity index (χ4v) is 5.99. The van der Waals surface area contributed by atoms with Crippen molar-refractivity contribution < 1.29 is 13.5 Å². The van der Waals surface area contributed by atoms with E-state index in [1.807, 2.05) is 27.7 Å². The summed E-state index contributed by atoms with van der Waals surface area (Å²) in [6.45, 7) is 7.69. The van der Waals surface area contributed by atoms with Crippen LogP contribution in [-0.4, -0.2) is 32.5 Å². The van der Waals surface area contributed by atoms with E-state index in [0.29, 0.717) is 18.5 Å². The Bertz CT molecular complexity index is 567. The van der Waals surface area contributed by atoms with Gasteiger partial charge in [-0.25, -0.2) is 0 Å². The van der Waals surface area contributed by atoms with Gasteiger partial charge >= 0.3 is 0 Å². The molecule has 0 heterocycles. The molecule has 1 aromatic rings. The highest BCUT2D eigenvalue weighted by molar-refractivity contribution is 7.94. The number of benzene rings is 1. The van der Waals surface area contributed by atoms with Gasteiger partial charge in [0.15, 0.2) is 0 Å². The van der Waals surface area contributed by atoms with Crippen molar-refractivity contribution in [3.63, 3.8) is 0 Å². The molecule has 0 atom stereocenters. The molecule has 0 bridgehead atoms. The Morgan fingerprint density at radius 1 is 1.10 bits per heavy atom. The smallest absolute Gasteiger partial charge is 0.284 e. The summed E-state index contributed by atoms with van der Waals surface area (Å²) in [5, 5.41) is 12.3. The number of sulfonamides is 1. The van der Waals surface area contributed by atoms with Crippen LogP contribution in [0.5, 0.6) is 0 Å². The Labute approximate surface area is 122 Å². The van der Waals surface area contributed by atoms with E-state index in [1.165, 1.54) is 12.1 Å². The van der Waals surface area contributed by atoms with Gasteiger partial charge in [0, 0.05) is 0 Å². The number of rotatable bonds is 6. The molecule has 0 aliphatic carbocycles. The van der Waals surface area contributed by atoms with Crippen molar-refractivity contribution >= 4 is 22.9 Å². The van der Waals surface area contributed by atoms with Crippen molar-refractivity contribution in [2.24, 2.45) is 4.40 Å². The van der Waals surface area contributed by atoms with Crippen LogP contribution in [0.3, 0.4) is 0 Å². The van der Waals surface area contributed by atoms with E-state index in [0.717, 1.165) is 5.56 Å². The summed E-state index contributed by atoms with van der Waals surface area (Å²) < 4.78 is 27.9. The third-order valence-electron chi connectivity index (χ3n) is 3.74. The molecule has 0 unspecified atom stereocenters. The summed E-state index contributed by atoms with van der Waals surface area (Å²) in [7, 11) is -5.83. The summed E-state index contributed by atoms with van der Waals surface area (Å²) in [5.74, 6) is 0. The lowest BCUT2D eigenvalue weighted by Gasteiger charge is -2.27. The number of hydrogen-bond acceptors (Lipinski definition) is 3. The Balaban J connectivity index is 3.23.